The van der Waals surface area contributed by atoms with E-state index in [1.165, 1.54) is 6.92 Å². The van der Waals surface area contributed by atoms with E-state index >= 15 is 0 Å². The van der Waals surface area contributed by atoms with Gasteiger partial charge in [0.25, 0.3) is 0 Å². The quantitative estimate of drug-likeness (QED) is 0.811. The minimum absolute atomic E-state index is 0.0554. The highest BCUT2D eigenvalue weighted by molar-refractivity contribution is 5.69. The highest BCUT2D eigenvalue weighted by Gasteiger charge is 2.16. The normalized spacial score (nSPS) is 12.5. The third-order valence-electron chi connectivity index (χ3n) is 2.06. The molecule has 1 unspecified atom stereocenters. The van der Waals surface area contributed by atoms with Crippen LogP contribution in [-0.2, 0) is 11.2 Å². The minimum Gasteiger partial charge on any atom is -0.505 e. The molecule has 15 heavy (non-hydrogen) atoms. The lowest BCUT2D eigenvalue weighted by molar-refractivity contribution is -0.141. The third kappa shape index (κ3) is 2.65. The van der Waals surface area contributed by atoms with Crippen LogP contribution in [0.25, 0.3) is 0 Å². The Hall–Kier alpha value is -1.65. The molecule has 0 fully saturated rings. The number of carbonyl (C=O) groups is 1. The summed E-state index contributed by atoms with van der Waals surface area (Å²) in [6, 6.07) is 1.45. The van der Waals surface area contributed by atoms with Crippen LogP contribution < -0.4 is 0 Å². The lowest BCUT2D eigenvalue weighted by atomic mass is 10.0. The number of aliphatic carboxylic acids is 1. The average Bonchev–Trinajstić information content (AvgIpc) is 2.13. The molecule has 5 heteroatoms. The maximum Gasteiger partial charge on any atom is 0.306 e. The van der Waals surface area contributed by atoms with E-state index in [9.17, 15) is 13.6 Å². The predicted octanol–water partition coefficient (Wildman–Crippen LogP) is 1.93. The number of halogens is 2. The molecule has 0 aromatic heterocycles. The van der Waals surface area contributed by atoms with Gasteiger partial charge in [-0.1, -0.05) is 6.92 Å². The molecule has 1 aromatic carbocycles. The van der Waals surface area contributed by atoms with Crippen molar-refractivity contribution in [2.75, 3.05) is 0 Å². The van der Waals surface area contributed by atoms with Crippen LogP contribution in [0.4, 0.5) is 8.78 Å². The number of aromatic hydroxyl groups is 1. The van der Waals surface area contributed by atoms with Crippen molar-refractivity contribution in [2.24, 2.45) is 5.92 Å². The summed E-state index contributed by atoms with van der Waals surface area (Å²) < 4.78 is 26.0. The van der Waals surface area contributed by atoms with Gasteiger partial charge in [-0.05, 0) is 18.1 Å². The summed E-state index contributed by atoms with van der Waals surface area (Å²) in [5.41, 5.74) is -0.0554. The van der Waals surface area contributed by atoms with Gasteiger partial charge in [-0.2, -0.15) is 0 Å². The summed E-state index contributed by atoms with van der Waals surface area (Å²) >= 11 is 0. The van der Waals surface area contributed by atoms with Crippen molar-refractivity contribution in [2.45, 2.75) is 13.3 Å². The molecule has 1 aromatic rings. The van der Waals surface area contributed by atoms with Crippen molar-refractivity contribution in [1.29, 1.82) is 0 Å². The summed E-state index contributed by atoms with van der Waals surface area (Å²) in [6.45, 7) is 1.40. The van der Waals surface area contributed by atoms with Gasteiger partial charge in [0.2, 0.25) is 0 Å². The zero-order valence-electron chi connectivity index (χ0n) is 8.00. The summed E-state index contributed by atoms with van der Waals surface area (Å²) in [7, 11) is 0. The Labute approximate surface area is 85.0 Å². The van der Waals surface area contributed by atoms with Crippen LogP contribution in [0, 0.1) is 17.6 Å². The molecular formula is C10H10F2O3. The molecule has 0 aliphatic rings. The smallest absolute Gasteiger partial charge is 0.306 e. The number of phenolic OH excluding ortho intramolecular Hbond substituents is 1. The van der Waals surface area contributed by atoms with Crippen LogP contribution in [-0.4, -0.2) is 16.2 Å². The third-order valence-corrected chi connectivity index (χ3v) is 2.06. The van der Waals surface area contributed by atoms with E-state index in [2.05, 4.69) is 0 Å². The van der Waals surface area contributed by atoms with Gasteiger partial charge in [0.05, 0.1) is 5.92 Å². The predicted molar refractivity (Wildman–Crippen MR) is 48.5 cm³/mol. The van der Waals surface area contributed by atoms with Crippen molar-refractivity contribution < 1.29 is 23.8 Å². The van der Waals surface area contributed by atoms with E-state index in [-0.39, 0.29) is 12.0 Å². The Bertz CT molecular complexity index is 390. The van der Waals surface area contributed by atoms with Gasteiger partial charge in [0.1, 0.15) is 5.82 Å². The van der Waals surface area contributed by atoms with Crippen molar-refractivity contribution in [3.05, 3.63) is 29.3 Å². The molecule has 3 nitrogen and oxygen atoms in total. The summed E-state index contributed by atoms with van der Waals surface area (Å²) in [4.78, 5) is 10.5. The van der Waals surface area contributed by atoms with Gasteiger partial charge < -0.3 is 10.2 Å². The van der Waals surface area contributed by atoms with Crippen LogP contribution >= 0.6 is 0 Å². The zero-order valence-corrected chi connectivity index (χ0v) is 8.00. The number of carboxylic acids is 1. The van der Waals surface area contributed by atoms with Crippen LogP contribution in [0.15, 0.2) is 12.1 Å². The van der Waals surface area contributed by atoms with Crippen molar-refractivity contribution in [1.82, 2.24) is 0 Å². The molecule has 1 rings (SSSR count). The van der Waals surface area contributed by atoms with Gasteiger partial charge in [-0.15, -0.1) is 0 Å². The van der Waals surface area contributed by atoms with Crippen LogP contribution in [0.5, 0.6) is 5.75 Å². The van der Waals surface area contributed by atoms with E-state index < -0.39 is 29.3 Å². The molecule has 82 valence electrons. The number of benzene rings is 1. The molecular weight excluding hydrogens is 206 g/mol. The Morgan fingerprint density at radius 3 is 2.53 bits per heavy atom. The van der Waals surface area contributed by atoms with E-state index in [4.69, 9.17) is 10.2 Å². The number of rotatable bonds is 3. The first kappa shape index (κ1) is 11.4. The topological polar surface area (TPSA) is 57.5 Å². The lowest BCUT2D eigenvalue weighted by Gasteiger charge is -2.08. The molecule has 0 amide bonds. The number of phenols is 1. The molecule has 0 aliphatic carbocycles. The monoisotopic (exact) mass is 216 g/mol. The summed E-state index contributed by atoms with van der Waals surface area (Å²) in [5.74, 6) is -4.42. The molecule has 0 spiro atoms. The Kier molecular flexibility index (Phi) is 3.24. The SMILES string of the molecule is CC(Cc1cc(F)c(O)cc1F)C(=O)O. The molecule has 0 heterocycles. The largest absolute Gasteiger partial charge is 0.505 e. The Morgan fingerprint density at radius 2 is 2.00 bits per heavy atom. The molecule has 0 saturated carbocycles. The highest BCUT2D eigenvalue weighted by Crippen LogP contribution is 2.22. The highest BCUT2D eigenvalue weighted by atomic mass is 19.1. The van der Waals surface area contributed by atoms with Gasteiger partial charge in [-0.3, -0.25) is 4.79 Å². The van der Waals surface area contributed by atoms with Crippen molar-refractivity contribution in [3.63, 3.8) is 0 Å². The van der Waals surface area contributed by atoms with Gasteiger partial charge in [0, 0.05) is 6.07 Å². The molecule has 0 saturated heterocycles. The average molecular weight is 216 g/mol. The summed E-state index contributed by atoms with van der Waals surface area (Å²) in [5, 5.41) is 17.4. The van der Waals surface area contributed by atoms with Crippen molar-refractivity contribution >= 4 is 5.97 Å². The fraction of sp³-hybridized carbons (Fsp3) is 0.300. The molecule has 0 radical (unpaired) electrons. The Balaban J connectivity index is 2.95. The first-order valence-corrected chi connectivity index (χ1v) is 4.31. The molecule has 2 N–H and O–H groups in total. The second-order valence-electron chi connectivity index (χ2n) is 3.34. The van der Waals surface area contributed by atoms with Gasteiger partial charge in [-0.25, -0.2) is 8.78 Å². The van der Waals surface area contributed by atoms with Crippen LogP contribution in [0.1, 0.15) is 12.5 Å². The number of carboxylic acid groups (broad SMARTS) is 1. The first-order valence-electron chi connectivity index (χ1n) is 4.31. The van der Waals surface area contributed by atoms with Crippen molar-refractivity contribution in [3.8, 4) is 5.75 Å². The summed E-state index contributed by atoms with van der Waals surface area (Å²) in [6.07, 6.45) is -0.113. The lowest BCUT2D eigenvalue weighted by Crippen LogP contribution is -2.13. The van der Waals surface area contributed by atoms with Crippen LogP contribution in [0.3, 0.4) is 0 Å². The fourth-order valence-corrected chi connectivity index (χ4v) is 1.15. The van der Waals surface area contributed by atoms with Gasteiger partial charge >= 0.3 is 5.97 Å². The van der Waals surface area contributed by atoms with E-state index in [1.807, 2.05) is 0 Å². The molecule has 1 atom stereocenters. The fourth-order valence-electron chi connectivity index (χ4n) is 1.15. The number of hydrogen-bond donors (Lipinski definition) is 2. The maximum atomic E-state index is 13.1. The van der Waals surface area contributed by atoms with E-state index in [1.54, 1.807) is 0 Å². The second-order valence-corrected chi connectivity index (χ2v) is 3.34. The Morgan fingerprint density at radius 1 is 1.40 bits per heavy atom. The van der Waals surface area contributed by atoms with Crippen LogP contribution in [0.2, 0.25) is 0 Å². The van der Waals surface area contributed by atoms with E-state index in [0.717, 1.165) is 6.07 Å². The standard InChI is InChI=1S/C10H10F2O3/c1-5(10(14)15)2-6-3-8(12)9(13)4-7(6)11/h3-5,13H,2H2,1H3,(H,14,15). The first-order chi connectivity index (χ1) is 6.91. The zero-order chi connectivity index (χ0) is 11.6. The molecule has 0 aliphatic heterocycles. The minimum atomic E-state index is -1.08. The number of hydrogen-bond acceptors (Lipinski definition) is 2. The maximum absolute atomic E-state index is 13.1. The van der Waals surface area contributed by atoms with Gasteiger partial charge in [0.15, 0.2) is 11.6 Å². The second kappa shape index (κ2) is 4.25. The van der Waals surface area contributed by atoms with E-state index in [0.29, 0.717) is 6.07 Å². The molecule has 0 bridgehead atoms.